The van der Waals surface area contributed by atoms with E-state index in [2.05, 4.69) is 61.1 Å². The fourth-order valence-electron chi connectivity index (χ4n) is 4.27. The fraction of sp³-hybridized carbons (Fsp3) is 0.542. The highest BCUT2D eigenvalue weighted by Gasteiger charge is 2.17. The van der Waals surface area contributed by atoms with Gasteiger partial charge < -0.3 is 4.90 Å². The van der Waals surface area contributed by atoms with E-state index in [9.17, 15) is 0 Å². The maximum atomic E-state index is 4.89. The number of aromatic nitrogens is 4. The molecule has 2 aromatic heterocycles. The molecule has 0 saturated carbocycles. The van der Waals surface area contributed by atoms with Crippen LogP contribution in [0.4, 0.5) is 0 Å². The van der Waals surface area contributed by atoms with Crippen molar-refractivity contribution in [1.82, 2.24) is 24.9 Å². The van der Waals surface area contributed by atoms with Gasteiger partial charge in [-0.1, -0.05) is 38.8 Å². The SMILES string of the molecule is CCCC(CCC)c1cc(C)nc2cc(-n3cc(CN(C)C)nn3)c(CC)cc12. The maximum Gasteiger partial charge on any atom is 0.0971 e. The average Bonchev–Trinajstić information content (AvgIpc) is 3.13. The summed E-state index contributed by atoms with van der Waals surface area (Å²) >= 11 is 0. The molecule has 0 atom stereocenters. The first-order valence-corrected chi connectivity index (χ1v) is 11.0. The smallest absolute Gasteiger partial charge is 0.0971 e. The third kappa shape index (κ3) is 4.84. The van der Waals surface area contributed by atoms with Gasteiger partial charge >= 0.3 is 0 Å². The molecule has 0 aliphatic carbocycles. The standard InChI is InChI=1S/C24H35N5/c1-7-10-19(11-8-2)21-12-17(4)25-23-14-24(18(9-3)13-22(21)23)29-16-20(26-27-29)15-28(5)6/h12-14,16,19H,7-11,15H2,1-6H3. The fourth-order valence-corrected chi connectivity index (χ4v) is 4.27. The number of nitrogens with zero attached hydrogens (tertiary/aromatic N) is 5. The Kier molecular flexibility index (Phi) is 7.01. The number of aryl methyl sites for hydroxylation is 2. The van der Waals surface area contributed by atoms with Gasteiger partial charge in [-0.15, -0.1) is 5.10 Å². The minimum absolute atomic E-state index is 0.600. The van der Waals surface area contributed by atoms with Gasteiger partial charge in [0.15, 0.2) is 0 Å². The number of rotatable bonds is 9. The van der Waals surface area contributed by atoms with E-state index in [0.29, 0.717) is 5.92 Å². The number of hydrogen-bond acceptors (Lipinski definition) is 4. The van der Waals surface area contributed by atoms with Crippen LogP contribution in [0.1, 0.15) is 74.9 Å². The van der Waals surface area contributed by atoms with Gasteiger partial charge in [-0.2, -0.15) is 0 Å². The number of hydrogen-bond donors (Lipinski definition) is 0. The van der Waals surface area contributed by atoms with Gasteiger partial charge in [0, 0.05) is 17.6 Å². The zero-order valence-corrected chi connectivity index (χ0v) is 18.9. The van der Waals surface area contributed by atoms with Crippen molar-refractivity contribution in [2.24, 2.45) is 0 Å². The van der Waals surface area contributed by atoms with Gasteiger partial charge in [-0.05, 0) is 75.5 Å². The molecule has 3 rings (SSSR count). The van der Waals surface area contributed by atoms with Crippen LogP contribution >= 0.6 is 0 Å². The molecule has 5 nitrogen and oxygen atoms in total. The van der Waals surface area contributed by atoms with E-state index in [1.54, 1.807) is 0 Å². The van der Waals surface area contributed by atoms with Crippen molar-refractivity contribution in [3.8, 4) is 5.69 Å². The Bertz CT molecular complexity index is 951. The summed E-state index contributed by atoms with van der Waals surface area (Å²) in [5.74, 6) is 0.600. The molecule has 156 valence electrons. The highest BCUT2D eigenvalue weighted by atomic mass is 15.4. The third-order valence-electron chi connectivity index (χ3n) is 5.53. The minimum atomic E-state index is 0.600. The van der Waals surface area contributed by atoms with Crippen molar-refractivity contribution < 1.29 is 0 Å². The summed E-state index contributed by atoms with van der Waals surface area (Å²) in [4.78, 5) is 6.99. The molecular formula is C24H35N5. The van der Waals surface area contributed by atoms with Crippen LogP contribution in [0.2, 0.25) is 0 Å². The molecule has 5 heteroatoms. The summed E-state index contributed by atoms with van der Waals surface area (Å²) in [6.45, 7) is 9.66. The predicted octanol–water partition coefficient (Wildman–Crippen LogP) is 5.43. The molecule has 0 fully saturated rings. The lowest BCUT2D eigenvalue weighted by Crippen LogP contribution is -2.10. The van der Waals surface area contributed by atoms with Crippen LogP contribution in [0.3, 0.4) is 0 Å². The molecule has 0 saturated heterocycles. The zero-order chi connectivity index (χ0) is 21.0. The summed E-state index contributed by atoms with van der Waals surface area (Å²) in [5.41, 5.74) is 6.97. The van der Waals surface area contributed by atoms with E-state index in [-0.39, 0.29) is 0 Å². The molecule has 0 aliphatic heterocycles. The van der Waals surface area contributed by atoms with Crippen LogP contribution in [-0.2, 0) is 13.0 Å². The van der Waals surface area contributed by atoms with Crippen LogP contribution in [0.15, 0.2) is 24.4 Å². The molecule has 0 spiro atoms. The number of pyridine rings is 1. The van der Waals surface area contributed by atoms with Crippen LogP contribution in [0.25, 0.3) is 16.6 Å². The molecule has 3 aromatic rings. The number of benzene rings is 1. The molecule has 1 aromatic carbocycles. The molecule has 29 heavy (non-hydrogen) atoms. The average molecular weight is 394 g/mol. The van der Waals surface area contributed by atoms with Gasteiger partial charge in [-0.25, -0.2) is 4.68 Å². The lowest BCUT2D eigenvalue weighted by atomic mass is 9.87. The Morgan fingerprint density at radius 2 is 1.76 bits per heavy atom. The van der Waals surface area contributed by atoms with Gasteiger partial charge in [0.05, 0.1) is 23.1 Å². The lowest BCUT2D eigenvalue weighted by molar-refractivity contribution is 0.396. The minimum Gasteiger partial charge on any atom is -0.303 e. The Labute approximate surface area is 175 Å². The van der Waals surface area contributed by atoms with Crippen LogP contribution in [0, 0.1) is 6.92 Å². The second-order valence-electron chi connectivity index (χ2n) is 8.37. The highest BCUT2D eigenvalue weighted by molar-refractivity contribution is 5.86. The maximum absolute atomic E-state index is 4.89. The summed E-state index contributed by atoms with van der Waals surface area (Å²) < 4.78 is 1.91. The van der Waals surface area contributed by atoms with Gasteiger partial charge in [0.1, 0.15) is 0 Å². The summed E-state index contributed by atoms with van der Waals surface area (Å²) in [7, 11) is 4.09. The van der Waals surface area contributed by atoms with E-state index in [1.807, 2.05) is 25.0 Å². The molecule has 0 bridgehead atoms. The predicted molar refractivity (Wildman–Crippen MR) is 121 cm³/mol. The van der Waals surface area contributed by atoms with Crippen molar-refractivity contribution in [3.05, 3.63) is 46.9 Å². The normalized spacial score (nSPS) is 11.9. The second kappa shape index (κ2) is 9.49. The third-order valence-corrected chi connectivity index (χ3v) is 5.53. The van der Waals surface area contributed by atoms with Crippen molar-refractivity contribution in [2.75, 3.05) is 14.1 Å². The van der Waals surface area contributed by atoms with E-state index < -0.39 is 0 Å². The van der Waals surface area contributed by atoms with Gasteiger partial charge in [0.25, 0.3) is 0 Å². The van der Waals surface area contributed by atoms with E-state index >= 15 is 0 Å². The summed E-state index contributed by atoms with van der Waals surface area (Å²) in [6, 6.07) is 6.86. The highest BCUT2D eigenvalue weighted by Crippen LogP contribution is 2.34. The van der Waals surface area contributed by atoms with Gasteiger partial charge in [-0.3, -0.25) is 4.98 Å². The largest absolute Gasteiger partial charge is 0.303 e. The first-order valence-electron chi connectivity index (χ1n) is 11.0. The molecule has 0 N–H and O–H groups in total. The van der Waals surface area contributed by atoms with Crippen molar-refractivity contribution in [2.45, 2.75) is 72.3 Å². The monoisotopic (exact) mass is 393 g/mol. The van der Waals surface area contributed by atoms with E-state index in [4.69, 9.17) is 4.98 Å². The Balaban J connectivity index is 2.13. The zero-order valence-electron chi connectivity index (χ0n) is 18.9. The summed E-state index contributed by atoms with van der Waals surface area (Å²) in [5, 5.41) is 10.1. The number of fused-ring (bicyclic) bond motifs is 1. The molecular weight excluding hydrogens is 358 g/mol. The van der Waals surface area contributed by atoms with Gasteiger partial charge in [0.2, 0.25) is 0 Å². The molecule has 0 unspecified atom stereocenters. The molecule has 0 aliphatic rings. The van der Waals surface area contributed by atoms with Crippen LogP contribution in [-0.4, -0.2) is 39.0 Å². The molecule has 0 amide bonds. The first-order chi connectivity index (χ1) is 14.0. The van der Waals surface area contributed by atoms with E-state index in [0.717, 1.165) is 35.6 Å². The van der Waals surface area contributed by atoms with E-state index in [1.165, 1.54) is 42.2 Å². The Hall–Kier alpha value is -2.27. The van der Waals surface area contributed by atoms with Crippen LogP contribution < -0.4 is 0 Å². The van der Waals surface area contributed by atoms with Crippen molar-refractivity contribution in [3.63, 3.8) is 0 Å². The van der Waals surface area contributed by atoms with Crippen molar-refractivity contribution in [1.29, 1.82) is 0 Å². The first kappa shape index (κ1) is 21.4. The topological polar surface area (TPSA) is 46.8 Å². The Morgan fingerprint density at radius 3 is 2.38 bits per heavy atom. The quantitative estimate of drug-likeness (QED) is 0.486. The summed E-state index contributed by atoms with van der Waals surface area (Å²) in [6.07, 6.45) is 7.86. The lowest BCUT2D eigenvalue weighted by Gasteiger charge is -2.20. The van der Waals surface area contributed by atoms with Crippen molar-refractivity contribution >= 4 is 10.9 Å². The molecule has 0 radical (unpaired) electrons. The second-order valence-corrected chi connectivity index (χ2v) is 8.37. The molecule has 2 heterocycles. The Morgan fingerprint density at radius 1 is 1.03 bits per heavy atom. The van der Waals surface area contributed by atoms with Crippen LogP contribution in [0.5, 0.6) is 0 Å².